The van der Waals surface area contributed by atoms with Crippen molar-refractivity contribution in [3.63, 3.8) is 0 Å². The van der Waals surface area contributed by atoms with Crippen LogP contribution in [-0.4, -0.2) is 39.0 Å². The van der Waals surface area contributed by atoms with Crippen LogP contribution in [0.3, 0.4) is 0 Å². The Morgan fingerprint density at radius 3 is 3.11 bits per heavy atom. The van der Waals surface area contributed by atoms with Crippen molar-refractivity contribution < 1.29 is 14.7 Å². The normalized spacial score (nSPS) is 19.9. The van der Waals surface area contributed by atoms with E-state index in [2.05, 4.69) is 20.6 Å². The number of carbonyl (C=O) groups excluding carboxylic acids is 1. The molecule has 18 heavy (non-hydrogen) atoms. The third kappa shape index (κ3) is 2.51. The molecule has 7 heteroatoms. The highest BCUT2D eigenvalue weighted by molar-refractivity contribution is 5.87. The molecule has 1 aromatic heterocycles. The van der Waals surface area contributed by atoms with Crippen LogP contribution >= 0.6 is 0 Å². The molecule has 4 N–H and O–H groups in total. The number of hydrogen-bond acceptors (Lipinski definition) is 4. The molecule has 0 bridgehead atoms. The lowest BCUT2D eigenvalue weighted by atomic mass is 10.0. The lowest BCUT2D eigenvalue weighted by Gasteiger charge is -2.23. The predicted molar refractivity (Wildman–Crippen MR) is 62.8 cm³/mol. The van der Waals surface area contributed by atoms with E-state index in [0.29, 0.717) is 19.4 Å². The van der Waals surface area contributed by atoms with Crippen LogP contribution in [-0.2, 0) is 22.6 Å². The Morgan fingerprint density at radius 2 is 2.44 bits per heavy atom. The van der Waals surface area contributed by atoms with Gasteiger partial charge in [0.2, 0.25) is 5.91 Å². The number of carboxylic acids is 1. The predicted octanol–water partition coefficient (Wildman–Crippen LogP) is -0.597. The summed E-state index contributed by atoms with van der Waals surface area (Å²) in [5.41, 5.74) is 1.83. The molecule has 1 aliphatic rings. The highest BCUT2D eigenvalue weighted by Gasteiger charge is 2.28. The lowest BCUT2D eigenvalue weighted by Crippen LogP contribution is -2.52. The average Bonchev–Trinajstić information content (AvgIpc) is 2.82. The Balaban J connectivity index is 1.97. The van der Waals surface area contributed by atoms with Gasteiger partial charge in [0.25, 0.3) is 0 Å². The zero-order chi connectivity index (χ0) is 13.1. The van der Waals surface area contributed by atoms with Crippen LogP contribution in [0.4, 0.5) is 0 Å². The molecule has 2 rings (SSSR count). The molecule has 0 saturated heterocycles. The van der Waals surface area contributed by atoms with E-state index in [0.717, 1.165) is 11.4 Å². The number of nitrogens with zero attached hydrogens (tertiary/aromatic N) is 1. The van der Waals surface area contributed by atoms with E-state index in [1.54, 1.807) is 13.3 Å². The third-order valence-electron chi connectivity index (χ3n) is 3.07. The highest BCUT2D eigenvalue weighted by atomic mass is 16.4. The maximum atomic E-state index is 11.9. The molecule has 1 unspecified atom stereocenters. The van der Waals surface area contributed by atoms with E-state index in [9.17, 15) is 9.59 Å². The number of amides is 1. The third-order valence-corrected chi connectivity index (χ3v) is 3.07. The number of carboxylic acid groups (broad SMARTS) is 1. The van der Waals surface area contributed by atoms with Crippen molar-refractivity contribution >= 4 is 11.9 Å². The minimum absolute atomic E-state index is 0.294. The van der Waals surface area contributed by atoms with Crippen molar-refractivity contribution in [3.05, 3.63) is 17.7 Å². The standard InChI is InChI=1S/C11H16N4O3/c1-2-6(11(17)18)15-10(16)8-3-7-9(4-12-8)14-5-13-7/h5-6,8,12H,2-4H2,1H3,(H,13,14)(H,15,16)(H,17,18)/t6-,8?/m1/s1. The van der Waals surface area contributed by atoms with Gasteiger partial charge in [-0.05, 0) is 6.42 Å². The first kappa shape index (κ1) is 12.6. The number of nitrogens with one attached hydrogen (secondary N) is 3. The van der Waals surface area contributed by atoms with Gasteiger partial charge in [-0.3, -0.25) is 10.1 Å². The van der Waals surface area contributed by atoms with Crippen LogP contribution in [0.15, 0.2) is 6.33 Å². The van der Waals surface area contributed by atoms with E-state index >= 15 is 0 Å². The van der Waals surface area contributed by atoms with Gasteiger partial charge in [0, 0.05) is 13.0 Å². The molecule has 2 heterocycles. The summed E-state index contributed by atoms with van der Waals surface area (Å²) in [5, 5.41) is 14.5. The molecule has 2 atom stereocenters. The first-order valence-electron chi connectivity index (χ1n) is 5.89. The minimum atomic E-state index is -1.01. The molecule has 0 aromatic carbocycles. The number of carbonyl (C=O) groups is 2. The van der Waals surface area contributed by atoms with Gasteiger partial charge < -0.3 is 15.4 Å². The molecule has 0 fully saturated rings. The van der Waals surface area contributed by atoms with Crippen LogP contribution in [0, 0.1) is 0 Å². The second-order valence-corrected chi connectivity index (χ2v) is 4.27. The second kappa shape index (κ2) is 5.18. The Hall–Kier alpha value is -1.89. The number of aromatic amines is 1. The second-order valence-electron chi connectivity index (χ2n) is 4.27. The molecule has 1 aromatic rings. The topological polar surface area (TPSA) is 107 Å². The molecule has 0 saturated carbocycles. The fourth-order valence-electron chi connectivity index (χ4n) is 1.97. The van der Waals surface area contributed by atoms with Crippen LogP contribution in [0.1, 0.15) is 24.7 Å². The van der Waals surface area contributed by atoms with E-state index in [4.69, 9.17) is 5.11 Å². The van der Waals surface area contributed by atoms with Gasteiger partial charge in [-0.1, -0.05) is 6.92 Å². The van der Waals surface area contributed by atoms with Crippen molar-refractivity contribution in [2.24, 2.45) is 0 Å². The minimum Gasteiger partial charge on any atom is -0.480 e. The first-order valence-corrected chi connectivity index (χ1v) is 5.89. The Bertz CT molecular complexity index is 457. The van der Waals surface area contributed by atoms with Crippen molar-refractivity contribution in [2.75, 3.05) is 0 Å². The number of fused-ring (bicyclic) bond motifs is 1. The Labute approximate surface area is 104 Å². The quantitative estimate of drug-likeness (QED) is 0.572. The summed E-state index contributed by atoms with van der Waals surface area (Å²) in [6, 6.07) is -1.26. The van der Waals surface area contributed by atoms with Gasteiger partial charge in [-0.25, -0.2) is 9.78 Å². The molecule has 98 valence electrons. The van der Waals surface area contributed by atoms with E-state index < -0.39 is 18.1 Å². The summed E-state index contributed by atoms with van der Waals surface area (Å²) in [4.78, 5) is 29.9. The maximum Gasteiger partial charge on any atom is 0.326 e. The van der Waals surface area contributed by atoms with Gasteiger partial charge >= 0.3 is 5.97 Å². The SMILES string of the molecule is CC[C@@H](NC(=O)C1Cc2nc[nH]c2CN1)C(=O)O. The van der Waals surface area contributed by atoms with Gasteiger partial charge in [0.15, 0.2) is 0 Å². The number of hydrogen-bond donors (Lipinski definition) is 4. The van der Waals surface area contributed by atoms with E-state index in [1.807, 2.05) is 0 Å². The lowest BCUT2D eigenvalue weighted by molar-refractivity contribution is -0.142. The van der Waals surface area contributed by atoms with Gasteiger partial charge in [0.05, 0.1) is 23.8 Å². The summed E-state index contributed by atoms with van der Waals surface area (Å²) in [5.74, 6) is -1.31. The summed E-state index contributed by atoms with van der Waals surface area (Å²) >= 11 is 0. The van der Waals surface area contributed by atoms with E-state index in [-0.39, 0.29) is 5.91 Å². The largest absolute Gasteiger partial charge is 0.480 e. The van der Waals surface area contributed by atoms with Crippen molar-refractivity contribution in [2.45, 2.75) is 38.4 Å². The van der Waals surface area contributed by atoms with Crippen LogP contribution in [0.5, 0.6) is 0 Å². The Kier molecular flexibility index (Phi) is 3.61. The van der Waals surface area contributed by atoms with Crippen LogP contribution in [0.2, 0.25) is 0 Å². The molecule has 1 amide bonds. The average molecular weight is 252 g/mol. The number of aliphatic carboxylic acids is 1. The summed E-state index contributed by atoms with van der Waals surface area (Å²) in [7, 11) is 0. The zero-order valence-electron chi connectivity index (χ0n) is 10.1. The zero-order valence-corrected chi connectivity index (χ0v) is 10.1. The Morgan fingerprint density at radius 1 is 1.67 bits per heavy atom. The summed E-state index contributed by atoms with van der Waals surface area (Å²) in [6.07, 6.45) is 2.43. The van der Waals surface area contributed by atoms with Crippen molar-refractivity contribution in [3.8, 4) is 0 Å². The number of imidazole rings is 1. The smallest absolute Gasteiger partial charge is 0.326 e. The van der Waals surface area contributed by atoms with E-state index in [1.165, 1.54) is 0 Å². The highest BCUT2D eigenvalue weighted by Crippen LogP contribution is 2.12. The van der Waals surface area contributed by atoms with Gasteiger partial charge in [0.1, 0.15) is 6.04 Å². The van der Waals surface area contributed by atoms with Crippen LogP contribution in [0.25, 0.3) is 0 Å². The molecule has 0 radical (unpaired) electrons. The fourth-order valence-corrected chi connectivity index (χ4v) is 1.97. The van der Waals surface area contributed by atoms with Gasteiger partial charge in [-0.15, -0.1) is 0 Å². The molecule has 7 nitrogen and oxygen atoms in total. The molecular formula is C11H16N4O3. The first-order chi connectivity index (χ1) is 8.61. The van der Waals surface area contributed by atoms with Crippen LogP contribution < -0.4 is 10.6 Å². The fraction of sp³-hybridized carbons (Fsp3) is 0.545. The monoisotopic (exact) mass is 252 g/mol. The molecule has 1 aliphatic heterocycles. The number of H-pyrrole nitrogens is 1. The molecular weight excluding hydrogens is 236 g/mol. The molecule has 0 spiro atoms. The number of rotatable bonds is 4. The molecule has 0 aliphatic carbocycles. The van der Waals surface area contributed by atoms with Crippen molar-refractivity contribution in [1.29, 1.82) is 0 Å². The summed E-state index contributed by atoms with van der Waals surface area (Å²) < 4.78 is 0. The summed E-state index contributed by atoms with van der Waals surface area (Å²) in [6.45, 7) is 2.26. The van der Waals surface area contributed by atoms with Crippen molar-refractivity contribution in [1.82, 2.24) is 20.6 Å². The maximum absolute atomic E-state index is 11.9. The van der Waals surface area contributed by atoms with Gasteiger partial charge in [-0.2, -0.15) is 0 Å². The number of aromatic nitrogens is 2.